The number of hydrogen-bond donors (Lipinski definition) is 0. The van der Waals surface area contributed by atoms with Crippen molar-refractivity contribution in [1.29, 1.82) is 0 Å². The van der Waals surface area contributed by atoms with Crippen molar-refractivity contribution in [3.63, 3.8) is 0 Å². The van der Waals surface area contributed by atoms with E-state index in [0.717, 1.165) is 12.3 Å². The highest BCUT2D eigenvalue weighted by atomic mass is 15.0. The van der Waals surface area contributed by atoms with E-state index in [1.54, 1.807) is 0 Å². The molecule has 122 valence electrons. The van der Waals surface area contributed by atoms with Gasteiger partial charge >= 0.3 is 0 Å². The maximum atomic E-state index is 4.37. The van der Waals surface area contributed by atoms with Gasteiger partial charge in [0.15, 0.2) is 0 Å². The number of hydrogen-bond acceptors (Lipinski definition) is 1. The minimum Gasteiger partial charge on any atom is -0.303 e. The summed E-state index contributed by atoms with van der Waals surface area (Å²) in [7, 11) is 0. The molecule has 0 bridgehead atoms. The molecule has 2 aromatic carbocycles. The highest BCUT2D eigenvalue weighted by Crippen LogP contribution is 2.32. The first-order chi connectivity index (χ1) is 11.9. The Morgan fingerprint density at radius 2 is 1.62 bits per heavy atom. The summed E-state index contributed by atoms with van der Waals surface area (Å²) in [6.07, 6.45) is 11.7. The number of imidazole rings is 1. The summed E-state index contributed by atoms with van der Waals surface area (Å²) >= 11 is 0. The molecule has 4 rings (SSSR count). The molecule has 0 spiro atoms. The first-order valence-corrected chi connectivity index (χ1v) is 9.05. The first-order valence-electron chi connectivity index (χ1n) is 9.05. The van der Waals surface area contributed by atoms with Gasteiger partial charge < -0.3 is 4.57 Å². The van der Waals surface area contributed by atoms with Crippen LogP contribution in [0.3, 0.4) is 0 Å². The highest BCUT2D eigenvalue weighted by Gasteiger charge is 2.15. The van der Waals surface area contributed by atoms with Gasteiger partial charge in [-0.25, -0.2) is 4.98 Å². The van der Waals surface area contributed by atoms with Gasteiger partial charge in [0.1, 0.15) is 0 Å². The summed E-state index contributed by atoms with van der Waals surface area (Å²) in [5.41, 5.74) is 5.26. The van der Waals surface area contributed by atoms with Gasteiger partial charge in [0, 0.05) is 24.0 Å². The van der Waals surface area contributed by atoms with E-state index in [0.29, 0.717) is 0 Å². The largest absolute Gasteiger partial charge is 0.303 e. The Morgan fingerprint density at radius 1 is 0.875 bits per heavy atom. The molecular weight excluding hydrogens is 292 g/mol. The van der Waals surface area contributed by atoms with Gasteiger partial charge in [0.05, 0.1) is 6.33 Å². The van der Waals surface area contributed by atoms with Crippen molar-refractivity contribution in [2.45, 2.75) is 44.4 Å². The molecule has 0 atom stereocenters. The SMILES string of the molecule is c1ccc(Cc2cncn2-c2ccc(C3CCCCC3)cc2)cc1. The summed E-state index contributed by atoms with van der Waals surface area (Å²) in [5, 5.41) is 0. The molecule has 1 fully saturated rings. The number of rotatable bonds is 4. The molecule has 1 saturated carbocycles. The lowest BCUT2D eigenvalue weighted by Crippen LogP contribution is -2.05. The van der Waals surface area contributed by atoms with Gasteiger partial charge in [-0.3, -0.25) is 0 Å². The zero-order valence-corrected chi connectivity index (χ0v) is 14.1. The van der Waals surface area contributed by atoms with Gasteiger partial charge in [-0.05, 0) is 42.0 Å². The third-order valence-corrected chi connectivity index (χ3v) is 5.19. The van der Waals surface area contributed by atoms with Crippen LogP contribution in [0, 0.1) is 0 Å². The molecule has 0 amide bonds. The average Bonchev–Trinajstić information content (AvgIpc) is 3.11. The average molecular weight is 316 g/mol. The Hall–Kier alpha value is -2.35. The summed E-state index contributed by atoms with van der Waals surface area (Å²) in [4.78, 5) is 4.37. The molecule has 2 nitrogen and oxygen atoms in total. The Labute approximate surface area is 144 Å². The molecule has 0 radical (unpaired) electrons. The van der Waals surface area contributed by atoms with Crippen molar-refractivity contribution in [3.05, 3.63) is 83.9 Å². The molecule has 0 unspecified atom stereocenters. The van der Waals surface area contributed by atoms with Gasteiger partial charge in [0.25, 0.3) is 0 Å². The van der Waals surface area contributed by atoms with Crippen LogP contribution < -0.4 is 0 Å². The quantitative estimate of drug-likeness (QED) is 0.620. The van der Waals surface area contributed by atoms with Crippen LogP contribution in [-0.2, 0) is 6.42 Å². The van der Waals surface area contributed by atoms with Crippen LogP contribution in [0.5, 0.6) is 0 Å². The molecule has 24 heavy (non-hydrogen) atoms. The van der Waals surface area contributed by atoms with Crippen molar-refractivity contribution in [2.75, 3.05) is 0 Å². The molecule has 3 aromatic rings. The third kappa shape index (κ3) is 3.28. The van der Waals surface area contributed by atoms with Crippen LogP contribution in [0.1, 0.15) is 54.8 Å². The fourth-order valence-electron chi connectivity index (χ4n) is 3.83. The van der Waals surface area contributed by atoms with Crippen LogP contribution in [0.25, 0.3) is 5.69 Å². The van der Waals surface area contributed by atoms with E-state index in [4.69, 9.17) is 0 Å². The second-order valence-electron chi connectivity index (χ2n) is 6.84. The van der Waals surface area contributed by atoms with Crippen LogP contribution in [-0.4, -0.2) is 9.55 Å². The van der Waals surface area contributed by atoms with E-state index < -0.39 is 0 Å². The van der Waals surface area contributed by atoms with Crippen molar-refractivity contribution < 1.29 is 0 Å². The summed E-state index contributed by atoms with van der Waals surface area (Å²) in [6.45, 7) is 0. The predicted molar refractivity (Wildman–Crippen MR) is 98.6 cm³/mol. The van der Waals surface area contributed by atoms with Crippen molar-refractivity contribution in [2.24, 2.45) is 0 Å². The van der Waals surface area contributed by atoms with Crippen molar-refractivity contribution in [3.8, 4) is 5.69 Å². The van der Waals surface area contributed by atoms with Gasteiger partial charge in [-0.15, -0.1) is 0 Å². The van der Waals surface area contributed by atoms with E-state index in [1.807, 2.05) is 12.5 Å². The van der Waals surface area contributed by atoms with Gasteiger partial charge in [-0.1, -0.05) is 61.7 Å². The normalized spacial score (nSPS) is 15.5. The summed E-state index contributed by atoms with van der Waals surface area (Å²) in [5.74, 6) is 0.763. The zero-order valence-electron chi connectivity index (χ0n) is 14.1. The van der Waals surface area contributed by atoms with E-state index in [2.05, 4.69) is 64.1 Å². The minimum atomic E-state index is 0.763. The summed E-state index contributed by atoms with van der Waals surface area (Å²) < 4.78 is 2.21. The number of nitrogens with zero attached hydrogens (tertiary/aromatic N) is 2. The first kappa shape index (κ1) is 15.2. The third-order valence-electron chi connectivity index (χ3n) is 5.19. The van der Waals surface area contributed by atoms with Crippen molar-refractivity contribution >= 4 is 0 Å². The van der Waals surface area contributed by atoms with E-state index in [-0.39, 0.29) is 0 Å². The lowest BCUT2D eigenvalue weighted by atomic mass is 9.84. The van der Waals surface area contributed by atoms with Crippen LogP contribution in [0.2, 0.25) is 0 Å². The van der Waals surface area contributed by atoms with E-state index >= 15 is 0 Å². The molecule has 2 heteroatoms. The van der Waals surface area contributed by atoms with Crippen molar-refractivity contribution in [1.82, 2.24) is 9.55 Å². The lowest BCUT2D eigenvalue weighted by molar-refractivity contribution is 0.443. The van der Waals surface area contributed by atoms with E-state index in [1.165, 1.54) is 54.6 Å². The van der Waals surface area contributed by atoms with E-state index in [9.17, 15) is 0 Å². The topological polar surface area (TPSA) is 17.8 Å². The highest BCUT2D eigenvalue weighted by molar-refractivity contribution is 5.38. The standard InChI is InChI=1S/C22H24N2/c1-3-7-18(8-4-1)15-22-16-23-17-24(22)21-13-11-20(12-14-21)19-9-5-2-6-10-19/h1,3-4,7-8,11-14,16-17,19H,2,5-6,9-10,15H2. The monoisotopic (exact) mass is 316 g/mol. The Kier molecular flexibility index (Phi) is 4.46. The Balaban J connectivity index is 1.55. The molecular formula is C22H24N2. The molecule has 1 aliphatic rings. The maximum Gasteiger partial charge on any atom is 0.0994 e. The smallest absolute Gasteiger partial charge is 0.0994 e. The molecule has 0 saturated heterocycles. The minimum absolute atomic E-state index is 0.763. The van der Waals surface area contributed by atoms with Gasteiger partial charge in [-0.2, -0.15) is 0 Å². The second-order valence-corrected chi connectivity index (χ2v) is 6.84. The zero-order chi connectivity index (χ0) is 16.2. The number of benzene rings is 2. The second kappa shape index (κ2) is 7.04. The lowest BCUT2D eigenvalue weighted by Gasteiger charge is -2.22. The van der Waals surface area contributed by atoms with Crippen LogP contribution in [0.4, 0.5) is 0 Å². The summed E-state index contributed by atoms with van der Waals surface area (Å²) in [6, 6.07) is 19.7. The molecule has 1 aliphatic carbocycles. The molecule has 1 heterocycles. The fourth-order valence-corrected chi connectivity index (χ4v) is 3.83. The van der Waals surface area contributed by atoms with Gasteiger partial charge in [0.2, 0.25) is 0 Å². The Bertz CT molecular complexity index is 765. The van der Waals surface area contributed by atoms with Crippen LogP contribution in [0.15, 0.2) is 67.1 Å². The predicted octanol–water partition coefficient (Wildman–Crippen LogP) is 5.51. The van der Waals surface area contributed by atoms with Crippen LogP contribution >= 0.6 is 0 Å². The molecule has 0 N–H and O–H groups in total. The Morgan fingerprint density at radius 3 is 2.38 bits per heavy atom. The fraction of sp³-hybridized carbons (Fsp3) is 0.318. The molecule has 1 aromatic heterocycles. The number of aromatic nitrogens is 2. The maximum absolute atomic E-state index is 4.37. The molecule has 0 aliphatic heterocycles.